The number of nitrogen functional groups attached to an aromatic ring is 1. The molecule has 1 saturated carbocycles. The standard InChI is InChI=1S/C25H29N5O4/c1-29-21-11-10-19(30(18-4-2-3-5-18)23(31)14-34-15-24(32)33)13-20(21)28-22(29)12-16-6-8-17(9-7-16)25(26)27/h6-11,13,18H,2-5,12,14-15H2,1H3,(H3,26,27)(H,32,33). The first kappa shape index (κ1) is 23.4. The summed E-state index contributed by atoms with van der Waals surface area (Å²) in [5.74, 6) is -0.421. The third-order valence-corrected chi connectivity index (χ3v) is 6.27. The van der Waals surface area contributed by atoms with E-state index in [4.69, 9.17) is 26.0 Å². The SMILES string of the molecule is Cn1c(Cc2ccc(C(=N)N)cc2)nc2cc(N(C(=O)COCC(=O)O)C3CCCC3)ccc21. The van der Waals surface area contributed by atoms with E-state index >= 15 is 0 Å². The number of benzene rings is 2. The number of carbonyl (C=O) groups excluding carboxylic acids is 1. The number of carboxylic acid groups (broad SMARTS) is 1. The number of aromatic nitrogens is 2. The number of hydrogen-bond donors (Lipinski definition) is 3. The minimum atomic E-state index is -1.10. The van der Waals surface area contributed by atoms with E-state index in [0.29, 0.717) is 12.0 Å². The fourth-order valence-corrected chi connectivity index (χ4v) is 4.55. The molecule has 1 fully saturated rings. The summed E-state index contributed by atoms with van der Waals surface area (Å²) in [4.78, 5) is 30.3. The fraction of sp³-hybridized carbons (Fsp3) is 0.360. The van der Waals surface area contributed by atoms with Crippen LogP contribution in [-0.2, 0) is 27.8 Å². The van der Waals surface area contributed by atoms with Crippen LogP contribution in [0, 0.1) is 5.41 Å². The van der Waals surface area contributed by atoms with Crippen molar-refractivity contribution in [2.45, 2.75) is 38.1 Å². The zero-order valence-corrected chi connectivity index (χ0v) is 19.2. The van der Waals surface area contributed by atoms with Gasteiger partial charge in [-0.05, 0) is 36.6 Å². The van der Waals surface area contributed by atoms with E-state index in [9.17, 15) is 9.59 Å². The van der Waals surface area contributed by atoms with Crippen LogP contribution in [-0.4, -0.2) is 51.6 Å². The molecule has 1 aromatic heterocycles. The number of imidazole rings is 1. The Kier molecular flexibility index (Phi) is 6.93. The average molecular weight is 464 g/mol. The number of ether oxygens (including phenoxy) is 1. The summed E-state index contributed by atoms with van der Waals surface area (Å²) >= 11 is 0. The number of aryl methyl sites for hydroxylation is 1. The molecule has 0 spiro atoms. The van der Waals surface area contributed by atoms with Crippen molar-refractivity contribution >= 4 is 34.4 Å². The lowest BCUT2D eigenvalue weighted by Gasteiger charge is -2.29. The van der Waals surface area contributed by atoms with Crippen molar-refractivity contribution in [1.82, 2.24) is 9.55 Å². The molecule has 34 heavy (non-hydrogen) atoms. The Labute approximate surface area is 197 Å². The van der Waals surface area contributed by atoms with Gasteiger partial charge in [0.25, 0.3) is 5.91 Å². The lowest BCUT2D eigenvalue weighted by molar-refractivity contribution is -0.143. The number of hydrogen-bond acceptors (Lipinski definition) is 5. The van der Waals surface area contributed by atoms with Crippen molar-refractivity contribution in [3.63, 3.8) is 0 Å². The predicted octanol–water partition coefficient (Wildman–Crippen LogP) is 2.82. The Morgan fingerprint density at radius 3 is 2.53 bits per heavy atom. The summed E-state index contributed by atoms with van der Waals surface area (Å²) in [5, 5.41) is 16.3. The number of nitrogens with two attached hydrogens (primary N) is 1. The molecule has 178 valence electrons. The largest absolute Gasteiger partial charge is 0.480 e. The smallest absolute Gasteiger partial charge is 0.329 e. The summed E-state index contributed by atoms with van der Waals surface area (Å²) in [5.41, 5.74) is 9.78. The Morgan fingerprint density at radius 1 is 1.18 bits per heavy atom. The molecule has 0 aliphatic heterocycles. The maximum Gasteiger partial charge on any atom is 0.329 e. The van der Waals surface area contributed by atoms with Crippen LogP contribution in [0.25, 0.3) is 11.0 Å². The van der Waals surface area contributed by atoms with Crippen LogP contribution >= 0.6 is 0 Å². The van der Waals surface area contributed by atoms with Gasteiger partial charge in [0.15, 0.2) is 0 Å². The van der Waals surface area contributed by atoms with Gasteiger partial charge in [0.1, 0.15) is 24.9 Å². The van der Waals surface area contributed by atoms with Crippen molar-refractivity contribution in [2.24, 2.45) is 12.8 Å². The number of carbonyl (C=O) groups is 2. The highest BCUT2D eigenvalue weighted by Crippen LogP contribution is 2.31. The topological polar surface area (TPSA) is 135 Å². The van der Waals surface area contributed by atoms with Crippen LogP contribution < -0.4 is 10.6 Å². The molecular formula is C25H29N5O4. The zero-order chi connectivity index (χ0) is 24.2. The Balaban J connectivity index is 1.59. The summed E-state index contributed by atoms with van der Waals surface area (Å²) < 4.78 is 7.12. The van der Waals surface area contributed by atoms with Crippen LogP contribution in [0.4, 0.5) is 5.69 Å². The van der Waals surface area contributed by atoms with Crippen molar-refractivity contribution < 1.29 is 19.4 Å². The number of nitrogens with one attached hydrogen (secondary N) is 1. The Morgan fingerprint density at radius 2 is 1.88 bits per heavy atom. The van der Waals surface area contributed by atoms with E-state index in [1.165, 1.54) is 0 Å². The number of amides is 1. The van der Waals surface area contributed by atoms with Crippen LogP contribution in [0.15, 0.2) is 42.5 Å². The number of anilines is 1. The van der Waals surface area contributed by atoms with Crippen molar-refractivity contribution in [3.05, 3.63) is 59.4 Å². The Hall–Kier alpha value is -3.72. The molecule has 0 bridgehead atoms. The number of carboxylic acids is 1. The van der Waals surface area contributed by atoms with Gasteiger partial charge in [-0.25, -0.2) is 9.78 Å². The normalized spacial score (nSPS) is 13.9. The molecule has 4 N–H and O–H groups in total. The summed E-state index contributed by atoms with van der Waals surface area (Å²) in [6.45, 7) is -0.773. The van der Waals surface area contributed by atoms with Gasteiger partial charge < -0.3 is 25.0 Å². The van der Waals surface area contributed by atoms with E-state index in [2.05, 4.69) is 0 Å². The van der Waals surface area contributed by atoms with Crippen LogP contribution in [0.5, 0.6) is 0 Å². The van der Waals surface area contributed by atoms with Crippen molar-refractivity contribution in [3.8, 4) is 0 Å². The van der Waals surface area contributed by atoms with E-state index in [-0.39, 0.29) is 24.4 Å². The minimum Gasteiger partial charge on any atom is -0.480 e. The van der Waals surface area contributed by atoms with Gasteiger partial charge in [0.2, 0.25) is 0 Å². The van der Waals surface area contributed by atoms with E-state index in [1.54, 1.807) is 4.90 Å². The second-order valence-corrected chi connectivity index (χ2v) is 8.64. The summed E-state index contributed by atoms with van der Waals surface area (Å²) in [6.07, 6.45) is 4.55. The van der Waals surface area contributed by atoms with E-state index in [1.807, 2.05) is 54.1 Å². The third kappa shape index (κ3) is 5.09. The molecule has 0 saturated heterocycles. The molecule has 0 unspecified atom stereocenters. The predicted molar refractivity (Wildman–Crippen MR) is 129 cm³/mol. The first-order valence-corrected chi connectivity index (χ1v) is 11.3. The molecule has 3 aromatic rings. The van der Waals surface area contributed by atoms with Crippen LogP contribution in [0.2, 0.25) is 0 Å². The zero-order valence-electron chi connectivity index (χ0n) is 19.2. The molecule has 9 heteroatoms. The first-order valence-electron chi connectivity index (χ1n) is 11.3. The number of rotatable bonds is 9. The quantitative estimate of drug-likeness (QED) is 0.330. The fourth-order valence-electron chi connectivity index (χ4n) is 4.55. The van der Waals surface area contributed by atoms with Gasteiger partial charge in [0, 0.05) is 30.8 Å². The van der Waals surface area contributed by atoms with E-state index in [0.717, 1.165) is 53.8 Å². The van der Waals surface area contributed by atoms with Crippen LogP contribution in [0.1, 0.15) is 42.6 Å². The maximum absolute atomic E-state index is 13.0. The van der Waals surface area contributed by atoms with E-state index < -0.39 is 12.6 Å². The number of aliphatic carboxylic acids is 1. The lowest BCUT2D eigenvalue weighted by Crippen LogP contribution is -2.41. The third-order valence-electron chi connectivity index (χ3n) is 6.27. The summed E-state index contributed by atoms with van der Waals surface area (Å²) in [6, 6.07) is 13.4. The van der Waals surface area contributed by atoms with Gasteiger partial charge in [0.05, 0.1) is 11.0 Å². The van der Waals surface area contributed by atoms with Gasteiger partial charge in [-0.1, -0.05) is 37.1 Å². The molecule has 4 rings (SSSR count). The van der Waals surface area contributed by atoms with Gasteiger partial charge in [-0.15, -0.1) is 0 Å². The molecule has 2 aromatic carbocycles. The Bertz CT molecular complexity index is 1210. The molecule has 0 radical (unpaired) electrons. The molecule has 9 nitrogen and oxygen atoms in total. The number of amidine groups is 1. The highest BCUT2D eigenvalue weighted by molar-refractivity contribution is 5.97. The van der Waals surface area contributed by atoms with Crippen LogP contribution in [0.3, 0.4) is 0 Å². The van der Waals surface area contributed by atoms with Crippen molar-refractivity contribution in [1.29, 1.82) is 5.41 Å². The second-order valence-electron chi connectivity index (χ2n) is 8.64. The van der Waals surface area contributed by atoms with Gasteiger partial charge in [-0.3, -0.25) is 10.2 Å². The molecule has 0 atom stereocenters. The highest BCUT2D eigenvalue weighted by atomic mass is 16.5. The molecule has 1 heterocycles. The molecule has 1 aliphatic rings. The highest BCUT2D eigenvalue weighted by Gasteiger charge is 2.28. The molecular weight excluding hydrogens is 434 g/mol. The minimum absolute atomic E-state index is 0.0385. The lowest BCUT2D eigenvalue weighted by atomic mass is 10.1. The number of fused-ring (bicyclic) bond motifs is 1. The molecule has 1 aliphatic carbocycles. The maximum atomic E-state index is 13.0. The average Bonchev–Trinajstić information content (AvgIpc) is 3.43. The summed E-state index contributed by atoms with van der Waals surface area (Å²) in [7, 11) is 1.97. The second kappa shape index (κ2) is 10.0. The number of nitrogens with zero attached hydrogens (tertiary/aromatic N) is 3. The van der Waals surface area contributed by atoms with Gasteiger partial charge >= 0.3 is 5.97 Å². The molecule has 1 amide bonds. The first-order chi connectivity index (χ1) is 16.3. The monoisotopic (exact) mass is 463 g/mol. The van der Waals surface area contributed by atoms with Gasteiger partial charge in [-0.2, -0.15) is 0 Å². The van der Waals surface area contributed by atoms with Crippen molar-refractivity contribution in [2.75, 3.05) is 18.1 Å².